The molecule has 1 saturated carbocycles. The summed E-state index contributed by atoms with van der Waals surface area (Å²) >= 11 is 0. The van der Waals surface area contributed by atoms with E-state index in [-0.39, 0.29) is 24.0 Å². The van der Waals surface area contributed by atoms with Gasteiger partial charge in [-0.2, -0.15) is 13.2 Å². The summed E-state index contributed by atoms with van der Waals surface area (Å²) in [5, 5.41) is 53.1. The number of aromatic hydroxyl groups is 1. The zero-order valence-electron chi connectivity index (χ0n) is 21.4. The summed E-state index contributed by atoms with van der Waals surface area (Å²) < 4.78 is 43.6. The number of likely N-dealkylation sites (tertiary alicyclic amines) is 1. The Kier molecular flexibility index (Phi) is 5.95. The van der Waals surface area contributed by atoms with Crippen LogP contribution in [0.5, 0.6) is 5.75 Å². The van der Waals surface area contributed by atoms with Gasteiger partial charge in [-0.1, -0.05) is 0 Å². The third kappa shape index (κ3) is 3.56. The topological polar surface area (TPSA) is 171 Å². The van der Waals surface area contributed by atoms with Gasteiger partial charge in [-0.3, -0.25) is 19.4 Å². The molecule has 5 atom stereocenters. The van der Waals surface area contributed by atoms with Crippen LogP contribution < -0.4 is 5.73 Å². The van der Waals surface area contributed by atoms with Crippen molar-refractivity contribution in [2.24, 2.45) is 17.6 Å². The lowest BCUT2D eigenvalue weighted by molar-refractivity contribution is -0.140. The van der Waals surface area contributed by atoms with Crippen LogP contribution >= 0.6 is 0 Å². The van der Waals surface area contributed by atoms with Gasteiger partial charge in [-0.25, -0.2) is 0 Å². The number of phenols is 1. The number of likely N-dealkylation sites (N-methyl/N-ethyl adjacent to an activating group) is 1. The molecular formula is C26H29F3N4O6. The number of hydrogen-bond donors (Lipinski definition) is 6. The van der Waals surface area contributed by atoms with E-state index in [0.717, 1.165) is 6.07 Å². The number of phenolic OH excluding ortho intramolecular Hbond substituents is 1. The minimum Gasteiger partial charge on any atom is -0.510 e. The molecule has 1 unspecified atom stereocenters. The fourth-order valence-electron chi connectivity index (χ4n) is 6.91. The van der Waals surface area contributed by atoms with Crippen molar-refractivity contribution in [3.63, 3.8) is 0 Å². The first-order valence-corrected chi connectivity index (χ1v) is 12.4. The summed E-state index contributed by atoms with van der Waals surface area (Å²) in [6, 6.07) is -0.804. The van der Waals surface area contributed by atoms with Gasteiger partial charge in [0.05, 0.1) is 22.9 Å². The lowest BCUT2D eigenvalue weighted by Gasteiger charge is -2.51. The second-order valence-electron chi connectivity index (χ2n) is 11.0. The molecule has 4 aliphatic rings. The quantitative estimate of drug-likeness (QED) is 0.331. The molecule has 7 N–H and O–H groups in total. The second-order valence-corrected chi connectivity index (χ2v) is 11.0. The number of alkyl halides is 3. The minimum atomic E-state index is -4.84. The fourth-order valence-corrected chi connectivity index (χ4v) is 6.91. The number of ketones is 1. The van der Waals surface area contributed by atoms with Crippen LogP contribution in [-0.2, 0) is 22.2 Å². The molecule has 1 aromatic carbocycles. The van der Waals surface area contributed by atoms with Crippen molar-refractivity contribution in [2.75, 3.05) is 27.7 Å². The number of halogens is 3. The zero-order chi connectivity index (χ0) is 28.9. The molecule has 1 aliphatic heterocycles. The lowest BCUT2D eigenvalue weighted by atomic mass is 9.56. The molecule has 39 heavy (non-hydrogen) atoms. The molecule has 1 aromatic rings. The van der Waals surface area contributed by atoms with Gasteiger partial charge in [0.2, 0.25) is 5.78 Å². The van der Waals surface area contributed by atoms with Crippen LogP contribution in [0.15, 0.2) is 23.0 Å². The Morgan fingerprint density at radius 3 is 2.38 bits per heavy atom. The van der Waals surface area contributed by atoms with Crippen LogP contribution in [0.3, 0.4) is 0 Å². The van der Waals surface area contributed by atoms with E-state index in [0.29, 0.717) is 13.0 Å². The summed E-state index contributed by atoms with van der Waals surface area (Å²) in [5.74, 6) is -6.91. The number of benzene rings is 1. The smallest absolute Gasteiger partial charge is 0.417 e. The number of fused-ring (bicyclic) bond motifs is 3. The molecule has 13 heteroatoms. The van der Waals surface area contributed by atoms with E-state index in [4.69, 9.17) is 11.1 Å². The summed E-state index contributed by atoms with van der Waals surface area (Å²) in [6.07, 6.45) is -4.99. The van der Waals surface area contributed by atoms with Crippen LogP contribution in [0.1, 0.15) is 41.1 Å². The highest BCUT2D eigenvalue weighted by Crippen LogP contribution is 2.55. The molecule has 0 radical (unpaired) electrons. The maximum absolute atomic E-state index is 14.5. The number of rotatable bonds is 3. The zero-order valence-corrected chi connectivity index (χ0v) is 21.4. The number of carbonyl (C=O) groups is 2. The Morgan fingerprint density at radius 2 is 1.90 bits per heavy atom. The maximum Gasteiger partial charge on any atom is 0.417 e. The lowest BCUT2D eigenvalue weighted by Crippen LogP contribution is -2.67. The van der Waals surface area contributed by atoms with Crippen LogP contribution in [0, 0.1) is 17.2 Å². The number of nitrogens with one attached hydrogen (secondary N) is 1. The van der Waals surface area contributed by atoms with Crippen molar-refractivity contribution >= 4 is 23.2 Å². The van der Waals surface area contributed by atoms with E-state index in [2.05, 4.69) is 0 Å². The average molecular weight is 551 g/mol. The first-order valence-electron chi connectivity index (χ1n) is 12.4. The highest BCUT2D eigenvalue weighted by Gasteiger charge is 2.63. The Bertz CT molecular complexity index is 1400. The minimum absolute atomic E-state index is 0.125. The Labute approximate surface area is 221 Å². The van der Waals surface area contributed by atoms with E-state index < -0.39 is 92.6 Å². The first-order chi connectivity index (χ1) is 18.0. The van der Waals surface area contributed by atoms with Gasteiger partial charge in [-0.15, -0.1) is 0 Å². The average Bonchev–Trinajstić information content (AvgIpc) is 2.78. The van der Waals surface area contributed by atoms with Gasteiger partial charge in [0.15, 0.2) is 5.60 Å². The fraction of sp³-hybridized carbons (Fsp3) is 0.500. The molecule has 10 nitrogen and oxygen atoms in total. The van der Waals surface area contributed by atoms with Gasteiger partial charge < -0.3 is 31.6 Å². The van der Waals surface area contributed by atoms with Gasteiger partial charge in [-0.05, 0) is 63.5 Å². The molecular weight excluding hydrogens is 521 g/mol. The van der Waals surface area contributed by atoms with Gasteiger partial charge in [0.25, 0.3) is 5.91 Å². The monoisotopic (exact) mass is 550 g/mol. The number of primary amides is 1. The summed E-state index contributed by atoms with van der Waals surface area (Å²) in [7, 11) is 4.67. The van der Waals surface area contributed by atoms with Crippen molar-refractivity contribution in [2.45, 2.75) is 43.1 Å². The number of Topliss-reactive ketones (excluding diaryl/α,β-unsaturated/α-hetero) is 1. The third-order valence-electron chi connectivity index (χ3n) is 8.74. The molecule has 1 heterocycles. The van der Waals surface area contributed by atoms with Crippen molar-refractivity contribution in [3.8, 4) is 5.75 Å². The van der Waals surface area contributed by atoms with Crippen molar-refractivity contribution in [3.05, 3.63) is 45.2 Å². The summed E-state index contributed by atoms with van der Waals surface area (Å²) in [5.41, 5.74) is -1.49. The van der Waals surface area contributed by atoms with Crippen molar-refractivity contribution in [1.82, 2.24) is 9.80 Å². The van der Waals surface area contributed by atoms with E-state index in [1.165, 1.54) is 19.0 Å². The van der Waals surface area contributed by atoms with Crippen LogP contribution in [0.4, 0.5) is 13.2 Å². The Morgan fingerprint density at radius 1 is 1.26 bits per heavy atom. The SMILES string of the molecule is CN1CCC1c1cc(O)c2c(c1C(F)(F)F)C[C@H]1C[C@H]3[C@H](N(C)C)C(O)=C(C(N)=O)C(=N)[C@@]3(O)C(=O)C1=C2O. The van der Waals surface area contributed by atoms with Crippen LogP contribution in [-0.4, -0.2) is 87.0 Å². The predicted octanol–water partition coefficient (Wildman–Crippen LogP) is 1.81. The number of nitrogens with two attached hydrogens (primary N) is 1. The normalized spacial score (nSPS) is 31.2. The second kappa shape index (κ2) is 8.54. The summed E-state index contributed by atoms with van der Waals surface area (Å²) in [6.45, 7) is 0.578. The van der Waals surface area contributed by atoms with Gasteiger partial charge in [0, 0.05) is 24.1 Å². The van der Waals surface area contributed by atoms with E-state index >= 15 is 0 Å². The number of aliphatic hydroxyl groups is 3. The largest absolute Gasteiger partial charge is 0.510 e. The van der Waals surface area contributed by atoms with Crippen LogP contribution in [0.25, 0.3) is 5.76 Å². The molecule has 0 bridgehead atoms. The number of aliphatic hydroxyl groups excluding tert-OH is 2. The van der Waals surface area contributed by atoms with Gasteiger partial charge >= 0.3 is 6.18 Å². The van der Waals surface area contributed by atoms with E-state index in [1.54, 1.807) is 11.9 Å². The highest BCUT2D eigenvalue weighted by atomic mass is 19.4. The Hall–Kier alpha value is -3.42. The van der Waals surface area contributed by atoms with E-state index in [9.17, 15) is 43.2 Å². The number of hydrogen-bond acceptors (Lipinski definition) is 9. The van der Waals surface area contributed by atoms with Crippen molar-refractivity contribution in [1.29, 1.82) is 5.41 Å². The number of amides is 1. The molecule has 5 rings (SSSR count). The number of nitrogens with zero attached hydrogens (tertiary/aromatic N) is 2. The van der Waals surface area contributed by atoms with Crippen LogP contribution in [0.2, 0.25) is 0 Å². The first kappa shape index (κ1) is 27.2. The standard InChI is InChI=1S/C26H29F3N4O6/c1-32(2)19-12-7-9-6-11-16(14(34)8-10(13-4-5-33(13)3)18(11)26(27,28)29)20(35)15(9)23(37)25(12,39)22(30)17(21(19)36)24(31)38/h8-9,12-13,19,30,34-36,39H,4-7H2,1-3H3,(H2,31,38)/t9-,12-,13?,19-,25+/m0/s1. The molecule has 0 aromatic heterocycles. The molecule has 1 saturated heterocycles. The van der Waals surface area contributed by atoms with E-state index in [1.807, 2.05) is 0 Å². The number of carbonyl (C=O) groups excluding carboxylic acids is 2. The Balaban J connectivity index is 1.74. The molecule has 210 valence electrons. The molecule has 1 amide bonds. The maximum atomic E-state index is 14.5. The van der Waals surface area contributed by atoms with Gasteiger partial charge in [0.1, 0.15) is 22.8 Å². The summed E-state index contributed by atoms with van der Waals surface area (Å²) in [4.78, 5) is 29.1. The third-order valence-corrected chi connectivity index (χ3v) is 8.74. The highest BCUT2D eigenvalue weighted by molar-refractivity contribution is 6.33. The predicted molar refractivity (Wildman–Crippen MR) is 132 cm³/mol. The molecule has 0 spiro atoms. The molecule has 3 aliphatic carbocycles. The van der Waals surface area contributed by atoms with Crippen molar-refractivity contribution < 1.29 is 43.2 Å². The molecule has 2 fully saturated rings.